The van der Waals surface area contributed by atoms with E-state index in [1.165, 1.54) is 60.2 Å². The number of nitrogens with zero attached hydrogens (tertiary/aromatic N) is 4. The minimum Gasteiger partial charge on any atom is -0.508 e. The highest BCUT2D eigenvalue weighted by Crippen LogP contribution is 2.50. The molecule has 115 heavy (non-hydrogen) atoms. The summed E-state index contributed by atoms with van der Waals surface area (Å²) in [5, 5.41) is 18.6. The zero-order chi connectivity index (χ0) is 93.4. The number of phenols is 2. The summed E-state index contributed by atoms with van der Waals surface area (Å²) in [4.78, 5) is 0. The Balaban J connectivity index is -0.000000226. The Labute approximate surface area is 704 Å². The number of para-hydroxylation sites is 2. The summed E-state index contributed by atoms with van der Waals surface area (Å²) < 4.78 is 148. The molecule has 5 aromatic carbocycles. The third kappa shape index (κ3) is 52.5. The highest BCUT2D eigenvalue weighted by Gasteiger charge is 2.54. The van der Waals surface area contributed by atoms with Gasteiger partial charge in [0.2, 0.25) is 20.0 Å². The summed E-state index contributed by atoms with van der Waals surface area (Å²) in [6, 6.07) is 41.7. The number of sulfonamides is 2. The van der Waals surface area contributed by atoms with Crippen LogP contribution >= 0.6 is 0 Å². The van der Waals surface area contributed by atoms with Crippen molar-refractivity contribution in [3.63, 3.8) is 0 Å². The van der Waals surface area contributed by atoms with Crippen LogP contribution in [0.2, 0.25) is 0 Å². The number of hydrogen-bond acceptors (Lipinski definition) is 8. The van der Waals surface area contributed by atoms with Crippen LogP contribution in [0.25, 0.3) is 0 Å². The maximum Gasteiger partial charge on any atom is 0.394 e. The summed E-state index contributed by atoms with van der Waals surface area (Å²) >= 11 is 0. The molecule has 1 fully saturated rings. The molecule has 1 unspecified atom stereocenters. The average molecular weight is 1690 g/mol. The van der Waals surface area contributed by atoms with Crippen LogP contribution in [-0.4, -0.2) is 114 Å². The fourth-order valence-electron chi connectivity index (χ4n) is 9.33. The Morgan fingerprint density at radius 3 is 1.12 bits per heavy atom. The first-order valence-electron chi connectivity index (χ1n) is 41.0. The summed E-state index contributed by atoms with van der Waals surface area (Å²) in [6.07, 6.45) is -7.39. The lowest BCUT2D eigenvalue weighted by Crippen LogP contribution is -2.43. The first-order valence-corrected chi connectivity index (χ1v) is 45.6. The van der Waals surface area contributed by atoms with Gasteiger partial charge >= 0.3 is 12.4 Å². The molecule has 1 saturated heterocycles. The van der Waals surface area contributed by atoms with Gasteiger partial charge in [0, 0.05) is 47.3 Å². The quantitative estimate of drug-likeness (QED) is 0.165. The monoisotopic (exact) mass is 1690 g/mol. The second kappa shape index (κ2) is 52.8. The average Bonchev–Trinajstić information content (AvgIpc) is 1.48. The van der Waals surface area contributed by atoms with Crippen LogP contribution in [0.3, 0.4) is 0 Å². The summed E-state index contributed by atoms with van der Waals surface area (Å²) in [5.74, 6) is -0.0278. The predicted octanol–water partition coefficient (Wildman–Crippen LogP) is 27.9. The lowest BCUT2D eigenvalue weighted by molar-refractivity contribution is -0.243. The number of fused-ring (bicyclic) bond motifs is 1. The molecule has 0 aliphatic carbocycles. The van der Waals surface area contributed by atoms with Crippen LogP contribution in [-0.2, 0) is 57.7 Å². The molecular weight excluding hydrogens is 1520 g/mol. The molecule has 2 aliphatic heterocycles. The molecule has 2 aliphatic rings. The molecule has 0 aromatic heterocycles. The molecule has 0 amide bonds. The molecule has 0 saturated carbocycles. The van der Waals surface area contributed by atoms with E-state index in [-0.39, 0.29) is 38.2 Å². The number of aryl methyl sites for hydroxylation is 1. The minimum absolute atomic E-state index is 0.0160. The number of anilines is 1. The van der Waals surface area contributed by atoms with Gasteiger partial charge in [0.05, 0.1) is 28.5 Å². The zero-order valence-electron chi connectivity index (χ0n) is 80.8. The summed E-state index contributed by atoms with van der Waals surface area (Å²) in [7, 11) is -4.61. The molecule has 1 atom stereocenters. The maximum absolute atomic E-state index is 12.3. The molecular formula is C94H170F6N4O8S3. The van der Waals surface area contributed by atoms with Crippen molar-refractivity contribution >= 4 is 35.9 Å². The lowest BCUT2D eigenvalue weighted by atomic mass is 9.69. The van der Waals surface area contributed by atoms with Gasteiger partial charge in [-0.05, 0) is 114 Å². The normalized spacial score (nSPS) is 14.3. The fourth-order valence-corrected chi connectivity index (χ4v) is 14.0. The van der Waals surface area contributed by atoms with Gasteiger partial charge in [0.15, 0.2) is 0 Å². The van der Waals surface area contributed by atoms with E-state index in [4.69, 9.17) is 0 Å². The van der Waals surface area contributed by atoms with Crippen LogP contribution in [0, 0.1) is 45.3 Å². The largest absolute Gasteiger partial charge is 0.508 e. The van der Waals surface area contributed by atoms with Gasteiger partial charge in [0.1, 0.15) is 11.5 Å². The van der Waals surface area contributed by atoms with Crippen molar-refractivity contribution in [3.05, 3.63) is 161 Å². The fraction of sp³-hybridized carbons (Fsp3) is 0.681. The van der Waals surface area contributed by atoms with E-state index >= 15 is 0 Å². The van der Waals surface area contributed by atoms with Gasteiger partial charge in [-0.1, -0.05) is 386 Å². The van der Waals surface area contributed by atoms with E-state index in [0.29, 0.717) is 48.8 Å². The van der Waals surface area contributed by atoms with Crippen LogP contribution in [0.15, 0.2) is 127 Å². The van der Waals surface area contributed by atoms with Crippen molar-refractivity contribution in [3.8, 4) is 11.5 Å². The van der Waals surface area contributed by atoms with Crippen LogP contribution in [0.4, 0.5) is 32.0 Å². The second-order valence-corrected chi connectivity index (χ2v) is 44.2. The first-order chi connectivity index (χ1) is 51.5. The van der Waals surface area contributed by atoms with Gasteiger partial charge in [-0.2, -0.15) is 43.4 Å². The van der Waals surface area contributed by atoms with Crippen LogP contribution in [0.5, 0.6) is 11.5 Å². The Hall–Kier alpha value is -5.19. The van der Waals surface area contributed by atoms with Gasteiger partial charge < -0.3 is 10.2 Å². The maximum atomic E-state index is 12.3. The molecule has 2 heterocycles. The molecule has 7 rings (SSSR count). The number of halogens is 6. The van der Waals surface area contributed by atoms with Gasteiger partial charge in [-0.3, -0.25) is 4.31 Å². The standard InChI is InChI=1S/C12H17NO2S.C11H16.2C10H14O.C10H14.C8H15F3.C8H20N2O2S.C8H17NO2S.C7H13F3.5C2H6/c1-12(2,3)9-13-11-7-5-4-6-10(11)8-16(13,14)15;1-9-5-7-10(8-6-9)11(2,3)4;1-10(2,3)8-5-4-6-9(11)7-8;1-10(2,3)8-6-4-5-7-9(8)11;1-10(2,3)9-7-5-4-6-8-9;1-6(2,3)7(4,5)8(9,10)11;1-8(2,3)7-10(6)13(11,12)9(4)5;1-8(2,3)7-9-5-4-6-12(9,10)11;1-5(6(2,3)4)7(8,9)10;5*1-2/h4-7H,8-9H2,1-3H3;5-8H,1-4H3;2*4-7,11H,1-3H3;4-8H,1-3H3;1-5H3;7H2,1-6H3;4-7H2,1-3H3;5H,1-4H3;5*1-2H3. The van der Waals surface area contributed by atoms with E-state index in [2.05, 4.69) is 165 Å². The van der Waals surface area contributed by atoms with Crippen LogP contribution < -0.4 is 4.31 Å². The van der Waals surface area contributed by atoms with E-state index in [9.17, 15) is 61.8 Å². The van der Waals surface area contributed by atoms with Crippen molar-refractivity contribution in [1.82, 2.24) is 12.9 Å². The zero-order valence-corrected chi connectivity index (χ0v) is 83.2. The van der Waals surface area contributed by atoms with E-state index in [1.807, 2.05) is 165 Å². The third-order valence-electron chi connectivity index (χ3n) is 17.3. The van der Waals surface area contributed by atoms with Crippen molar-refractivity contribution in [2.24, 2.45) is 38.4 Å². The van der Waals surface area contributed by atoms with Crippen LogP contribution in [0.1, 0.15) is 317 Å². The lowest BCUT2D eigenvalue weighted by Gasteiger charge is -2.40. The van der Waals surface area contributed by atoms with E-state index < -0.39 is 64.8 Å². The van der Waals surface area contributed by atoms with Crippen molar-refractivity contribution in [2.45, 2.75) is 330 Å². The number of hydrogen-bond donors (Lipinski definition) is 2. The number of aromatic hydroxyl groups is 2. The highest BCUT2D eigenvalue weighted by molar-refractivity contribution is 7.92. The minimum atomic E-state index is -4.12. The van der Waals surface area contributed by atoms with Crippen molar-refractivity contribution < 1.29 is 61.8 Å². The SMILES string of the molecule is CC.CC.CC.CC.CC.CC(C(C)(C)C)C(F)(F)F.CC(C)(C)C(C)(C)C(F)(F)F.CC(C)(C)CN1CCCS1(=O)=O.CC(C)(C)CN1c2ccccc2CS1(=O)=O.CC(C)(C)c1cccc(O)c1.CC(C)(C)c1ccccc1.CC(C)(C)c1ccccc1O.CN(C)S(=O)(=O)N(C)CC(C)(C)C.Cc1ccc(C(C)(C)C)cc1. The first kappa shape index (κ1) is 123. The smallest absolute Gasteiger partial charge is 0.394 e. The molecule has 674 valence electrons. The number of alkyl halides is 6. The molecule has 12 nitrogen and oxygen atoms in total. The molecule has 2 N–H and O–H groups in total. The van der Waals surface area contributed by atoms with Crippen molar-refractivity contribution in [2.75, 3.05) is 57.4 Å². The topological polar surface area (TPSA) is 156 Å². The third-order valence-corrected chi connectivity index (χ3v) is 22.7. The summed E-state index contributed by atoms with van der Waals surface area (Å²) in [6.45, 7) is 82.1. The van der Waals surface area contributed by atoms with Gasteiger partial charge in [-0.15, -0.1) is 0 Å². The number of rotatable bonds is 5. The predicted molar refractivity (Wildman–Crippen MR) is 489 cm³/mol. The molecule has 0 spiro atoms. The molecule has 0 radical (unpaired) electrons. The van der Waals surface area contributed by atoms with Gasteiger partial charge in [-0.25, -0.2) is 21.1 Å². The number of phenolic OH excluding ortho intramolecular Hbond substituents is 2. The van der Waals surface area contributed by atoms with Gasteiger partial charge in [0.25, 0.3) is 10.2 Å². The summed E-state index contributed by atoms with van der Waals surface area (Å²) in [5.41, 5.74) is 5.75. The molecule has 21 heteroatoms. The molecule has 0 bridgehead atoms. The van der Waals surface area contributed by atoms with E-state index in [0.717, 1.165) is 28.8 Å². The Bertz CT molecular complexity index is 3670. The second-order valence-electron chi connectivity index (χ2n) is 37.9. The Morgan fingerprint density at radius 1 is 0.461 bits per heavy atom. The van der Waals surface area contributed by atoms with Crippen molar-refractivity contribution in [1.29, 1.82) is 0 Å². The Kier molecular flexibility index (Phi) is 56.4. The highest BCUT2D eigenvalue weighted by atomic mass is 32.2. The molecule has 5 aromatic rings. The number of benzene rings is 5. The van der Waals surface area contributed by atoms with E-state index in [1.54, 1.807) is 75.4 Å². The Morgan fingerprint density at radius 2 is 0.843 bits per heavy atom.